The van der Waals surface area contributed by atoms with E-state index < -0.39 is 0 Å². The molecule has 15 rings (SSSR count). The maximum Gasteiger partial charge on any atom is 0.0619 e. The van der Waals surface area contributed by atoms with Gasteiger partial charge in [0.15, 0.2) is 0 Å². The SMILES string of the molecule is CC(C)(C)c1ccc2c(c1)c1cc(C(C)(C)C)ccc1n2-c1c2ccccc2c(-c2ccc3c(c2)sc2ccc(-c4c5ccccc5c(-n5c6ccc(C(C)(C)C)cc6c6cc(C(C)(C)C)ccc65)c5ccccc45)cc23)c2ccccc12. The number of hydrogen-bond donors (Lipinski definition) is 0. The highest BCUT2D eigenvalue weighted by atomic mass is 32.1. The molecule has 3 aromatic heterocycles. The summed E-state index contributed by atoms with van der Waals surface area (Å²) in [7, 11) is 0. The molecule has 0 atom stereocenters. The molecule has 2 nitrogen and oxygen atoms in total. The minimum absolute atomic E-state index is 0.0177. The molecular formula is C80H70N2S. The fraction of sp³-hybridized carbons (Fsp3) is 0.200. The maximum atomic E-state index is 2.57. The molecule has 0 spiro atoms. The van der Waals surface area contributed by atoms with Crippen LogP contribution >= 0.6 is 11.3 Å². The van der Waals surface area contributed by atoms with E-state index in [-0.39, 0.29) is 21.7 Å². The summed E-state index contributed by atoms with van der Waals surface area (Å²) in [4.78, 5) is 0. The first-order valence-corrected chi connectivity index (χ1v) is 30.6. The smallest absolute Gasteiger partial charge is 0.0619 e. The first kappa shape index (κ1) is 51.4. The van der Waals surface area contributed by atoms with Crippen LogP contribution in [0.5, 0.6) is 0 Å². The van der Waals surface area contributed by atoms with Crippen LogP contribution in [-0.4, -0.2) is 9.13 Å². The van der Waals surface area contributed by atoms with Gasteiger partial charge in [0.2, 0.25) is 0 Å². The first-order chi connectivity index (χ1) is 39.7. The zero-order chi connectivity index (χ0) is 57.2. The van der Waals surface area contributed by atoms with Crippen molar-refractivity contribution in [3.05, 3.63) is 229 Å². The highest BCUT2D eigenvalue weighted by molar-refractivity contribution is 7.25. The van der Waals surface area contributed by atoms with E-state index in [4.69, 9.17) is 0 Å². The molecule has 3 heterocycles. The summed E-state index contributed by atoms with van der Waals surface area (Å²) < 4.78 is 7.72. The van der Waals surface area contributed by atoms with Crippen LogP contribution in [-0.2, 0) is 21.7 Å². The van der Waals surface area contributed by atoms with Crippen LogP contribution < -0.4 is 0 Å². The number of aromatic nitrogens is 2. The molecule has 0 amide bonds. The second-order valence-electron chi connectivity index (χ2n) is 27.8. The molecule has 12 aromatic carbocycles. The Hall–Kier alpha value is -8.50. The normalized spacial score (nSPS) is 13.1. The minimum atomic E-state index is 0.0177. The average Bonchev–Trinajstić information content (AvgIpc) is 1.94. The van der Waals surface area contributed by atoms with Crippen molar-refractivity contribution in [1.29, 1.82) is 0 Å². The van der Waals surface area contributed by atoms with Gasteiger partial charge in [0, 0.05) is 63.3 Å². The average molecular weight is 1090 g/mol. The van der Waals surface area contributed by atoms with Crippen molar-refractivity contribution in [2.75, 3.05) is 0 Å². The summed E-state index contributed by atoms with van der Waals surface area (Å²) >= 11 is 1.90. The Morgan fingerprint density at radius 1 is 0.241 bits per heavy atom. The number of fused-ring (bicyclic) bond motifs is 13. The lowest BCUT2D eigenvalue weighted by atomic mass is 9.85. The number of nitrogens with zero attached hydrogens (tertiary/aromatic N) is 2. The van der Waals surface area contributed by atoms with Crippen LogP contribution in [0.4, 0.5) is 0 Å². The third kappa shape index (κ3) is 7.94. The van der Waals surface area contributed by atoms with Crippen molar-refractivity contribution in [3.63, 3.8) is 0 Å². The number of rotatable bonds is 4. The zero-order valence-electron chi connectivity index (χ0n) is 49.9. The van der Waals surface area contributed by atoms with E-state index >= 15 is 0 Å². The minimum Gasteiger partial charge on any atom is -0.308 e. The van der Waals surface area contributed by atoms with Crippen molar-refractivity contribution in [2.24, 2.45) is 0 Å². The summed E-state index contributed by atoms with van der Waals surface area (Å²) in [5, 5.41) is 17.8. The molecule has 406 valence electrons. The molecule has 0 aliphatic heterocycles. The second kappa shape index (κ2) is 18.0. The molecule has 0 saturated heterocycles. The molecule has 83 heavy (non-hydrogen) atoms. The predicted molar refractivity (Wildman–Crippen MR) is 364 cm³/mol. The van der Waals surface area contributed by atoms with E-state index in [1.54, 1.807) is 0 Å². The van der Waals surface area contributed by atoms with E-state index in [0.717, 1.165) is 0 Å². The lowest BCUT2D eigenvalue weighted by Gasteiger charge is -2.21. The molecule has 0 N–H and O–H groups in total. The van der Waals surface area contributed by atoms with Crippen molar-refractivity contribution >= 4 is 118 Å². The summed E-state index contributed by atoms with van der Waals surface area (Å²) in [5.41, 5.74) is 17.9. The maximum absolute atomic E-state index is 2.57. The van der Waals surface area contributed by atoms with Crippen LogP contribution in [0.2, 0.25) is 0 Å². The first-order valence-electron chi connectivity index (χ1n) is 29.7. The molecule has 0 radical (unpaired) electrons. The topological polar surface area (TPSA) is 9.86 Å². The van der Waals surface area contributed by atoms with Gasteiger partial charge in [-0.25, -0.2) is 0 Å². The fourth-order valence-corrected chi connectivity index (χ4v) is 14.9. The zero-order valence-corrected chi connectivity index (χ0v) is 50.7. The van der Waals surface area contributed by atoms with Gasteiger partial charge in [0.1, 0.15) is 0 Å². The van der Waals surface area contributed by atoms with Crippen molar-refractivity contribution < 1.29 is 0 Å². The van der Waals surface area contributed by atoms with E-state index in [9.17, 15) is 0 Å². The van der Waals surface area contributed by atoms with Gasteiger partial charge in [-0.2, -0.15) is 0 Å². The standard InChI is InChI=1S/C80H70N2S/c1-77(2,3)49-31-36-67-62(43-49)63-44-50(78(4,5)6)32-37-68(63)81(67)75-58-25-17-13-21-54(58)73(55-22-14-18-26-59(55)75)47-30-40-71-66(41-47)53-35-29-48(42-72(53)83-71)74-56-23-15-19-27-60(56)76(61-28-20-16-24-57(61)74)82-69-38-33-51(79(7,8)9)45-64(69)65-46-52(80(10,11)12)34-39-70(65)82/h13-46H,1-12H3. The number of thiophene rings is 1. The summed E-state index contributed by atoms with van der Waals surface area (Å²) in [6, 6.07) is 79.7. The Kier molecular flexibility index (Phi) is 11.1. The monoisotopic (exact) mass is 1090 g/mol. The largest absolute Gasteiger partial charge is 0.308 e. The third-order valence-electron chi connectivity index (χ3n) is 18.3. The highest BCUT2D eigenvalue weighted by Crippen LogP contribution is 2.50. The molecule has 0 saturated carbocycles. The third-order valence-corrected chi connectivity index (χ3v) is 19.4. The van der Waals surface area contributed by atoms with Crippen molar-refractivity contribution in [1.82, 2.24) is 9.13 Å². The van der Waals surface area contributed by atoms with E-state index in [0.29, 0.717) is 0 Å². The van der Waals surface area contributed by atoms with Crippen LogP contribution in [0.3, 0.4) is 0 Å². The Balaban J connectivity index is 0.911. The highest BCUT2D eigenvalue weighted by Gasteiger charge is 2.27. The van der Waals surface area contributed by atoms with E-state index in [1.165, 1.54) is 163 Å². The van der Waals surface area contributed by atoms with Gasteiger partial charge in [-0.3, -0.25) is 0 Å². The lowest BCUT2D eigenvalue weighted by Crippen LogP contribution is -2.10. The molecular weight excluding hydrogens is 1020 g/mol. The van der Waals surface area contributed by atoms with Gasteiger partial charge in [-0.15, -0.1) is 11.3 Å². The van der Waals surface area contributed by atoms with Crippen molar-refractivity contribution in [2.45, 2.75) is 105 Å². The Morgan fingerprint density at radius 2 is 0.542 bits per heavy atom. The Labute approximate surface area is 491 Å². The van der Waals surface area contributed by atoms with Gasteiger partial charge < -0.3 is 9.13 Å². The quantitative estimate of drug-likeness (QED) is 0.155. The fourth-order valence-electron chi connectivity index (χ4n) is 13.8. The lowest BCUT2D eigenvalue weighted by molar-refractivity contribution is 0.590. The molecule has 0 fully saturated rings. The van der Waals surface area contributed by atoms with Gasteiger partial charge in [0.05, 0.1) is 33.4 Å². The molecule has 15 aromatic rings. The molecule has 0 aliphatic rings. The predicted octanol–water partition coefficient (Wildman–Crippen LogP) is 23.4. The number of hydrogen-bond acceptors (Lipinski definition) is 1. The van der Waals surface area contributed by atoms with Gasteiger partial charge in [-0.05, 0) is 154 Å². The molecule has 0 unspecified atom stereocenters. The number of benzene rings is 12. The second-order valence-corrected chi connectivity index (χ2v) is 28.8. The summed E-state index contributed by atoms with van der Waals surface area (Å²) in [5.74, 6) is 0. The van der Waals surface area contributed by atoms with E-state index in [2.05, 4.69) is 298 Å². The van der Waals surface area contributed by atoms with Gasteiger partial charge in [0.25, 0.3) is 0 Å². The van der Waals surface area contributed by atoms with Crippen LogP contribution in [0.15, 0.2) is 206 Å². The van der Waals surface area contributed by atoms with Gasteiger partial charge in [-0.1, -0.05) is 223 Å². The Bertz CT molecular complexity index is 4980. The van der Waals surface area contributed by atoms with Gasteiger partial charge >= 0.3 is 0 Å². The summed E-state index contributed by atoms with van der Waals surface area (Å²) in [6.07, 6.45) is 0. The Morgan fingerprint density at radius 3 is 0.867 bits per heavy atom. The molecule has 0 aliphatic carbocycles. The van der Waals surface area contributed by atoms with Crippen LogP contribution in [0.25, 0.3) is 141 Å². The van der Waals surface area contributed by atoms with E-state index in [1.807, 2.05) is 11.3 Å². The van der Waals surface area contributed by atoms with Crippen LogP contribution in [0, 0.1) is 0 Å². The molecule has 3 heteroatoms. The van der Waals surface area contributed by atoms with Crippen LogP contribution in [0.1, 0.15) is 105 Å². The van der Waals surface area contributed by atoms with Crippen molar-refractivity contribution in [3.8, 4) is 33.6 Å². The molecule has 0 bridgehead atoms. The summed E-state index contributed by atoms with van der Waals surface area (Å²) in [6.45, 7) is 27.8.